The third-order valence-corrected chi connectivity index (χ3v) is 7.59. The molecule has 0 radical (unpaired) electrons. The van der Waals surface area contributed by atoms with E-state index < -0.39 is 0 Å². The number of rotatable bonds is 4. The highest BCUT2D eigenvalue weighted by atomic mass is 32.1. The van der Waals surface area contributed by atoms with Gasteiger partial charge in [0.1, 0.15) is 0 Å². The maximum absolute atomic E-state index is 13.6. The van der Waals surface area contributed by atoms with E-state index in [1.54, 1.807) is 27.6 Å². The zero-order chi connectivity index (χ0) is 21.7. The highest BCUT2D eigenvalue weighted by Crippen LogP contribution is 2.35. The normalized spacial score (nSPS) is 12.5. The molecule has 156 valence electrons. The molecule has 1 amide bonds. The van der Waals surface area contributed by atoms with Crippen LogP contribution in [0.3, 0.4) is 0 Å². The molecule has 0 bridgehead atoms. The molecule has 0 fully saturated rings. The van der Waals surface area contributed by atoms with Gasteiger partial charge in [0, 0.05) is 27.2 Å². The Morgan fingerprint density at radius 1 is 1.07 bits per heavy atom. The summed E-state index contributed by atoms with van der Waals surface area (Å²) in [6.45, 7) is 12.0. The van der Waals surface area contributed by atoms with Crippen molar-refractivity contribution in [2.24, 2.45) is 0 Å². The van der Waals surface area contributed by atoms with Gasteiger partial charge < -0.3 is 9.42 Å². The molecule has 0 unspecified atom stereocenters. The van der Waals surface area contributed by atoms with Crippen molar-refractivity contribution in [1.29, 1.82) is 0 Å². The molecule has 0 saturated carbocycles. The van der Waals surface area contributed by atoms with E-state index in [1.807, 2.05) is 40.8 Å². The molecular weight excluding hydrogens is 416 g/mol. The van der Waals surface area contributed by atoms with Crippen LogP contribution in [0.5, 0.6) is 0 Å². The van der Waals surface area contributed by atoms with Gasteiger partial charge in [0.15, 0.2) is 0 Å². The highest BCUT2D eigenvalue weighted by molar-refractivity contribution is 7.12. The predicted octanol–water partition coefficient (Wildman–Crippen LogP) is 5.78. The second-order valence-electron chi connectivity index (χ2n) is 7.60. The number of aromatic nitrogens is 3. The van der Waals surface area contributed by atoms with Crippen LogP contribution in [0.15, 0.2) is 16.7 Å². The molecule has 4 rings (SSSR count). The minimum atomic E-state index is -0.0966. The van der Waals surface area contributed by atoms with Crippen molar-refractivity contribution in [2.75, 3.05) is 7.05 Å². The SMILES string of the molecule is Cc1cc(-c2cc(C(=O)N(C)[C@H](C)c3sc(C)nc3C)c3c(C)noc3n2)c(C)s1. The van der Waals surface area contributed by atoms with Crippen LogP contribution in [-0.2, 0) is 0 Å². The number of pyridine rings is 1. The molecule has 0 aromatic carbocycles. The number of hydrogen-bond acceptors (Lipinski definition) is 7. The Bertz CT molecular complexity index is 1270. The van der Waals surface area contributed by atoms with E-state index in [1.165, 1.54) is 4.88 Å². The monoisotopic (exact) mass is 440 g/mol. The van der Waals surface area contributed by atoms with Crippen LogP contribution in [0.2, 0.25) is 0 Å². The quantitative estimate of drug-likeness (QED) is 0.402. The van der Waals surface area contributed by atoms with Gasteiger partial charge in [-0.25, -0.2) is 9.97 Å². The summed E-state index contributed by atoms with van der Waals surface area (Å²) in [6, 6.07) is 3.87. The maximum atomic E-state index is 13.6. The molecular formula is C22H24N4O2S2. The fraction of sp³-hybridized carbons (Fsp3) is 0.364. The summed E-state index contributed by atoms with van der Waals surface area (Å²) in [7, 11) is 1.83. The number of carbonyl (C=O) groups is 1. The number of carbonyl (C=O) groups excluding carboxylic acids is 1. The Hall–Kier alpha value is -2.58. The van der Waals surface area contributed by atoms with Crippen LogP contribution in [0, 0.1) is 34.6 Å². The molecule has 30 heavy (non-hydrogen) atoms. The van der Waals surface area contributed by atoms with Gasteiger partial charge in [0.2, 0.25) is 0 Å². The summed E-state index contributed by atoms with van der Waals surface area (Å²) < 4.78 is 5.46. The van der Waals surface area contributed by atoms with E-state index in [9.17, 15) is 4.79 Å². The smallest absolute Gasteiger partial charge is 0.259 e. The standard InChI is InChI=1S/C22H24N4O2S2/c1-10-8-16(14(5)29-10)18-9-17(19-11(2)25-28-21(19)24-18)22(27)26(7)13(4)20-12(3)23-15(6)30-20/h8-9,13H,1-7H3/t13-/m1/s1. The van der Waals surface area contributed by atoms with Gasteiger partial charge in [0.05, 0.1) is 39.1 Å². The molecule has 4 aromatic heterocycles. The van der Waals surface area contributed by atoms with Crippen LogP contribution in [0.4, 0.5) is 0 Å². The van der Waals surface area contributed by atoms with Crippen molar-refractivity contribution in [3.05, 3.63) is 48.7 Å². The molecule has 0 spiro atoms. The second-order valence-corrected chi connectivity index (χ2v) is 10.3. The summed E-state index contributed by atoms with van der Waals surface area (Å²) in [6.07, 6.45) is 0. The molecule has 0 N–H and O–H groups in total. The first-order chi connectivity index (χ1) is 14.2. The molecule has 4 aromatic rings. The largest absolute Gasteiger partial charge is 0.335 e. The van der Waals surface area contributed by atoms with Gasteiger partial charge in [-0.15, -0.1) is 22.7 Å². The molecule has 6 nitrogen and oxygen atoms in total. The molecule has 1 atom stereocenters. The summed E-state index contributed by atoms with van der Waals surface area (Å²) in [5.74, 6) is -0.0856. The number of thiazole rings is 1. The number of thiophene rings is 1. The van der Waals surface area contributed by atoms with Gasteiger partial charge in [-0.1, -0.05) is 5.16 Å². The highest BCUT2D eigenvalue weighted by Gasteiger charge is 2.27. The maximum Gasteiger partial charge on any atom is 0.259 e. The summed E-state index contributed by atoms with van der Waals surface area (Å²) in [4.78, 5) is 28.0. The lowest BCUT2D eigenvalue weighted by Gasteiger charge is -2.25. The predicted molar refractivity (Wildman–Crippen MR) is 121 cm³/mol. The summed E-state index contributed by atoms with van der Waals surface area (Å²) >= 11 is 3.34. The van der Waals surface area contributed by atoms with E-state index in [-0.39, 0.29) is 11.9 Å². The van der Waals surface area contributed by atoms with Crippen molar-refractivity contribution < 1.29 is 9.32 Å². The Morgan fingerprint density at radius 2 is 1.80 bits per heavy atom. The molecule has 4 heterocycles. The van der Waals surface area contributed by atoms with Crippen LogP contribution in [-0.4, -0.2) is 33.0 Å². The van der Waals surface area contributed by atoms with Crippen LogP contribution < -0.4 is 0 Å². The van der Waals surface area contributed by atoms with Crippen molar-refractivity contribution >= 4 is 39.7 Å². The lowest BCUT2D eigenvalue weighted by molar-refractivity contribution is 0.0746. The number of fused-ring (bicyclic) bond motifs is 1. The molecule has 8 heteroatoms. The average molecular weight is 441 g/mol. The number of nitrogens with zero attached hydrogens (tertiary/aromatic N) is 4. The fourth-order valence-electron chi connectivity index (χ4n) is 3.76. The zero-order valence-corrected chi connectivity index (χ0v) is 19.8. The number of hydrogen-bond donors (Lipinski definition) is 0. The lowest BCUT2D eigenvalue weighted by Crippen LogP contribution is -2.30. The van der Waals surface area contributed by atoms with Gasteiger partial charge in [-0.2, -0.15) is 0 Å². The van der Waals surface area contributed by atoms with Crippen LogP contribution >= 0.6 is 22.7 Å². The number of aryl methyl sites for hydroxylation is 5. The summed E-state index contributed by atoms with van der Waals surface area (Å²) in [5, 5.41) is 5.74. The van der Waals surface area contributed by atoms with E-state index in [0.717, 1.165) is 31.7 Å². The Balaban J connectivity index is 1.82. The second kappa shape index (κ2) is 7.59. The first-order valence-electron chi connectivity index (χ1n) is 9.73. The van der Waals surface area contributed by atoms with Crippen molar-refractivity contribution in [2.45, 2.75) is 47.6 Å². The third kappa shape index (κ3) is 3.44. The van der Waals surface area contributed by atoms with Crippen LogP contribution in [0.1, 0.15) is 54.4 Å². The zero-order valence-electron chi connectivity index (χ0n) is 18.2. The van der Waals surface area contributed by atoms with Crippen molar-refractivity contribution in [3.63, 3.8) is 0 Å². The van der Waals surface area contributed by atoms with Gasteiger partial charge in [-0.3, -0.25) is 4.79 Å². The Kier molecular flexibility index (Phi) is 5.23. The first kappa shape index (κ1) is 20.7. The molecule has 0 aliphatic rings. The Morgan fingerprint density at radius 3 is 2.40 bits per heavy atom. The fourth-order valence-corrected chi connectivity index (χ4v) is 5.72. The summed E-state index contributed by atoms with van der Waals surface area (Å²) in [5.41, 5.74) is 4.33. The average Bonchev–Trinajstić information content (AvgIpc) is 3.35. The topological polar surface area (TPSA) is 72.1 Å². The van der Waals surface area contributed by atoms with E-state index in [4.69, 9.17) is 4.52 Å². The lowest BCUT2D eigenvalue weighted by atomic mass is 10.0. The van der Waals surface area contributed by atoms with Gasteiger partial charge >= 0.3 is 0 Å². The van der Waals surface area contributed by atoms with Crippen molar-refractivity contribution in [1.82, 2.24) is 20.0 Å². The molecule has 0 aliphatic carbocycles. The Labute approximate surface area is 183 Å². The van der Waals surface area contributed by atoms with Gasteiger partial charge in [0.25, 0.3) is 11.6 Å². The minimum absolute atomic E-state index is 0.0856. The number of amides is 1. The first-order valence-corrected chi connectivity index (χ1v) is 11.4. The molecule has 0 aliphatic heterocycles. The van der Waals surface area contributed by atoms with Crippen molar-refractivity contribution in [3.8, 4) is 11.3 Å². The molecule has 0 saturated heterocycles. The van der Waals surface area contributed by atoms with E-state index in [2.05, 4.69) is 35.0 Å². The van der Waals surface area contributed by atoms with Crippen LogP contribution in [0.25, 0.3) is 22.4 Å². The third-order valence-electron chi connectivity index (χ3n) is 5.38. The van der Waals surface area contributed by atoms with Gasteiger partial charge in [-0.05, 0) is 53.7 Å². The minimum Gasteiger partial charge on any atom is -0.335 e. The van der Waals surface area contributed by atoms with E-state index in [0.29, 0.717) is 22.4 Å². The van der Waals surface area contributed by atoms with E-state index >= 15 is 0 Å².